The summed E-state index contributed by atoms with van der Waals surface area (Å²) in [6.07, 6.45) is 4.86. The third kappa shape index (κ3) is 10.7. The van der Waals surface area contributed by atoms with Crippen LogP contribution in [0.2, 0.25) is 0 Å². The number of carbonyl (C=O) groups excluding carboxylic acids is 3. The molecule has 0 aliphatic carbocycles. The lowest BCUT2D eigenvalue weighted by atomic mass is 10.0. The summed E-state index contributed by atoms with van der Waals surface area (Å²) >= 11 is 3.42. The number of ether oxygens (including phenoxy) is 1. The Kier molecular flexibility index (Phi) is 12.7. The Morgan fingerprint density at radius 1 is 0.773 bits per heavy atom. The Morgan fingerprint density at radius 2 is 1.43 bits per heavy atom. The highest BCUT2D eigenvalue weighted by molar-refractivity contribution is 9.10. The standard InChI is InChI=1S/C35H43BrN4O4/c1-25(2)22-31(39-35(43)40-20-8-3-4-9-21-40)34(42)38-32(33(41)37-29-16-14-28(36)15-17-29)23-26-12-18-30(19-13-26)44-24-27-10-6-5-7-11-27/h5-7,10-19,25,31-32H,3-4,8-9,20-24H2,1-2H3,(H,37,41)(H,38,42)(H,39,43)/t31-,32-/m0/s1. The molecule has 234 valence electrons. The van der Waals surface area contributed by atoms with E-state index >= 15 is 0 Å². The third-order valence-corrected chi connectivity index (χ3v) is 8.10. The monoisotopic (exact) mass is 662 g/mol. The fourth-order valence-electron chi connectivity index (χ4n) is 5.16. The van der Waals surface area contributed by atoms with Crippen molar-refractivity contribution in [2.24, 2.45) is 5.92 Å². The van der Waals surface area contributed by atoms with Gasteiger partial charge in [-0.15, -0.1) is 0 Å². The number of rotatable bonds is 12. The Labute approximate surface area is 269 Å². The van der Waals surface area contributed by atoms with Crippen molar-refractivity contribution in [1.82, 2.24) is 15.5 Å². The number of nitrogens with one attached hydrogen (secondary N) is 3. The number of likely N-dealkylation sites (tertiary alicyclic amines) is 1. The average Bonchev–Trinajstić information content (AvgIpc) is 3.31. The number of hydrogen-bond donors (Lipinski definition) is 3. The van der Waals surface area contributed by atoms with Gasteiger partial charge in [0.25, 0.3) is 0 Å². The summed E-state index contributed by atoms with van der Waals surface area (Å²) in [5.41, 5.74) is 2.56. The van der Waals surface area contributed by atoms with Gasteiger partial charge in [-0.25, -0.2) is 4.79 Å². The lowest BCUT2D eigenvalue weighted by Crippen LogP contribution is -2.55. The summed E-state index contributed by atoms with van der Waals surface area (Å²) in [6.45, 7) is 5.85. The maximum Gasteiger partial charge on any atom is 0.318 e. The van der Waals surface area contributed by atoms with Gasteiger partial charge in [0, 0.05) is 29.7 Å². The Balaban J connectivity index is 1.47. The van der Waals surface area contributed by atoms with Gasteiger partial charge in [0.05, 0.1) is 0 Å². The number of nitrogens with zero attached hydrogens (tertiary/aromatic N) is 1. The molecule has 0 unspecified atom stereocenters. The third-order valence-electron chi connectivity index (χ3n) is 7.57. The molecule has 44 heavy (non-hydrogen) atoms. The molecule has 1 heterocycles. The molecule has 0 saturated carbocycles. The van der Waals surface area contributed by atoms with Gasteiger partial charge in [-0.3, -0.25) is 9.59 Å². The van der Waals surface area contributed by atoms with Gasteiger partial charge in [0.1, 0.15) is 24.4 Å². The predicted octanol–water partition coefficient (Wildman–Crippen LogP) is 6.69. The molecule has 3 N–H and O–H groups in total. The van der Waals surface area contributed by atoms with E-state index in [4.69, 9.17) is 4.74 Å². The summed E-state index contributed by atoms with van der Waals surface area (Å²) in [4.78, 5) is 42.2. The van der Waals surface area contributed by atoms with Gasteiger partial charge in [0.2, 0.25) is 11.8 Å². The summed E-state index contributed by atoms with van der Waals surface area (Å²) in [6, 6.07) is 22.9. The molecule has 1 aliphatic heterocycles. The Bertz CT molecular complexity index is 1340. The lowest BCUT2D eigenvalue weighted by molar-refractivity contribution is -0.128. The molecule has 1 saturated heterocycles. The highest BCUT2D eigenvalue weighted by Gasteiger charge is 2.29. The number of hydrogen-bond acceptors (Lipinski definition) is 4. The molecular formula is C35H43BrN4O4. The average molecular weight is 664 g/mol. The summed E-state index contributed by atoms with van der Waals surface area (Å²) < 4.78 is 6.81. The summed E-state index contributed by atoms with van der Waals surface area (Å²) in [5.74, 6) is 0.159. The van der Waals surface area contributed by atoms with Crippen LogP contribution in [0.5, 0.6) is 5.75 Å². The molecule has 0 bridgehead atoms. The number of carbonyl (C=O) groups is 3. The highest BCUT2D eigenvalue weighted by Crippen LogP contribution is 2.18. The molecule has 9 heteroatoms. The first-order valence-corrected chi connectivity index (χ1v) is 16.2. The van der Waals surface area contributed by atoms with Crippen LogP contribution < -0.4 is 20.7 Å². The van der Waals surface area contributed by atoms with Crippen molar-refractivity contribution in [3.63, 3.8) is 0 Å². The zero-order valence-corrected chi connectivity index (χ0v) is 27.1. The number of amides is 4. The van der Waals surface area contributed by atoms with Crippen LogP contribution in [0.1, 0.15) is 57.1 Å². The molecule has 3 aromatic rings. The Hall–Kier alpha value is -3.85. The van der Waals surface area contributed by atoms with Gasteiger partial charge < -0.3 is 25.6 Å². The molecule has 3 aromatic carbocycles. The van der Waals surface area contributed by atoms with E-state index in [-0.39, 0.29) is 30.2 Å². The molecule has 8 nitrogen and oxygen atoms in total. The van der Waals surface area contributed by atoms with Crippen LogP contribution in [0, 0.1) is 5.92 Å². The van der Waals surface area contributed by atoms with Crippen molar-refractivity contribution in [2.45, 2.75) is 71.1 Å². The normalized spacial score (nSPS) is 14.7. The van der Waals surface area contributed by atoms with Crippen molar-refractivity contribution < 1.29 is 19.1 Å². The summed E-state index contributed by atoms with van der Waals surface area (Å²) in [5, 5.41) is 8.85. The smallest absolute Gasteiger partial charge is 0.318 e. The van der Waals surface area contributed by atoms with Crippen molar-refractivity contribution in [1.29, 1.82) is 0 Å². The molecule has 4 rings (SSSR count). The first kappa shape index (κ1) is 33.1. The topological polar surface area (TPSA) is 99.8 Å². The van der Waals surface area contributed by atoms with Crippen LogP contribution in [0.15, 0.2) is 83.3 Å². The van der Waals surface area contributed by atoms with E-state index in [0.29, 0.717) is 37.6 Å². The second-order valence-electron chi connectivity index (χ2n) is 11.7. The van der Waals surface area contributed by atoms with Gasteiger partial charge in [-0.05, 0) is 72.7 Å². The second kappa shape index (κ2) is 16.9. The minimum Gasteiger partial charge on any atom is -0.489 e. The van der Waals surface area contributed by atoms with Crippen LogP contribution in [-0.2, 0) is 22.6 Å². The van der Waals surface area contributed by atoms with Crippen molar-refractivity contribution in [3.8, 4) is 5.75 Å². The van der Waals surface area contributed by atoms with Crippen LogP contribution >= 0.6 is 15.9 Å². The number of urea groups is 1. The number of halogens is 1. The van der Waals surface area contributed by atoms with E-state index in [9.17, 15) is 14.4 Å². The largest absolute Gasteiger partial charge is 0.489 e. The molecule has 4 amide bonds. The Morgan fingerprint density at radius 3 is 2.07 bits per heavy atom. The van der Waals surface area contributed by atoms with Gasteiger partial charge in [0.15, 0.2) is 0 Å². The molecule has 0 aromatic heterocycles. The van der Waals surface area contributed by atoms with Crippen LogP contribution in [0.3, 0.4) is 0 Å². The second-order valence-corrected chi connectivity index (χ2v) is 12.6. The van der Waals surface area contributed by atoms with E-state index in [1.807, 2.05) is 80.6 Å². The molecule has 0 radical (unpaired) electrons. The zero-order valence-electron chi connectivity index (χ0n) is 25.6. The van der Waals surface area contributed by atoms with E-state index in [1.165, 1.54) is 0 Å². The molecular weight excluding hydrogens is 620 g/mol. The first-order chi connectivity index (χ1) is 21.3. The predicted molar refractivity (Wildman–Crippen MR) is 177 cm³/mol. The van der Waals surface area contributed by atoms with Crippen LogP contribution in [0.25, 0.3) is 0 Å². The fraction of sp³-hybridized carbons (Fsp3) is 0.400. The highest BCUT2D eigenvalue weighted by atomic mass is 79.9. The first-order valence-electron chi connectivity index (χ1n) is 15.4. The number of anilines is 1. The minimum absolute atomic E-state index is 0.161. The van der Waals surface area contributed by atoms with Crippen molar-refractivity contribution in [2.75, 3.05) is 18.4 Å². The zero-order chi connectivity index (χ0) is 31.3. The van der Waals surface area contributed by atoms with E-state index in [1.54, 1.807) is 17.0 Å². The van der Waals surface area contributed by atoms with Gasteiger partial charge >= 0.3 is 6.03 Å². The lowest BCUT2D eigenvalue weighted by Gasteiger charge is -2.27. The molecule has 1 fully saturated rings. The van der Waals surface area contributed by atoms with Crippen LogP contribution in [-0.4, -0.2) is 47.9 Å². The van der Waals surface area contributed by atoms with Gasteiger partial charge in [-0.2, -0.15) is 0 Å². The fourth-order valence-corrected chi connectivity index (χ4v) is 5.42. The minimum atomic E-state index is -0.869. The number of benzene rings is 3. The quantitative estimate of drug-likeness (QED) is 0.201. The maximum atomic E-state index is 13.7. The van der Waals surface area contributed by atoms with Gasteiger partial charge in [-0.1, -0.05) is 85.1 Å². The maximum absolute atomic E-state index is 13.7. The SMILES string of the molecule is CC(C)C[C@H](NC(=O)N1CCCCCC1)C(=O)N[C@@H](Cc1ccc(OCc2ccccc2)cc1)C(=O)Nc1ccc(Br)cc1. The van der Waals surface area contributed by atoms with E-state index in [0.717, 1.165) is 41.3 Å². The van der Waals surface area contributed by atoms with Crippen molar-refractivity contribution >= 4 is 39.5 Å². The molecule has 1 aliphatic rings. The molecule has 0 spiro atoms. The van der Waals surface area contributed by atoms with E-state index in [2.05, 4.69) is 31.9 Å². The molecule has 2 atom stereocenters. The van der Waals surface area contributed by atoms with E-state index < -0.39 is 12.1 Å². The van der Waals surface area contributed by atoms with Crippen molar-refractivity contribution in [3.05, 3.63) is 94.5 Å². The van der Waals surface area contributed by atoms with Crippen LogP contribution in [0.4, 0.5) is 10.5 Å². The summed E-state index contributed by atoms with van der Waals surface area (Å²) in [7, 11) is 0.